The van der Waals surface area contributed by atoms with E-state index in [4.69, 9.17) is 0 Å². The number of pyridine rings is 1. The molecule has 68 valence electrons. The van der Waals surface area contributed by atoms with Gasteiger partial charge in [0.2, 0.25) is 5.91 Å². The number of amides is 1. The molecular weight excluding hydrogens is 171 g/mol. The molecule has 0 spiro atoms. The van der Waals surface area contributed by atoms with Crippen molar-refractivity contribution in [2.45, 2.75) is 12.3 Å². The van der Waals surface area contributed by atoms with E-state index in [9.17, 15) is 9.18 Å². The molecule has 1 atom stereocenters. The second kappa shape index (κ2) is 3.12. The number of hydrogen-bond donors (Lipinski definition) is 1. The van der Waals surface area contributed by atoms with Crippen LogP contribution >= 0.6 is 0 Å². The van der Waals surface area contributed by atoms with Gasteiger partial charge in [0.05, 0.1) is 12.1 Å². The first-order valence-corrected chi connectivity index (χ1v) is 4.16. The lowest BCUT2D eigenvalue weighted by Crippen LogP contribution is -2.18. The quantitative estimate of drug-likeness (QED) is 0.695. The molecule has 1 fully saturated rings. The first-order chi connectivity index (χ1) is 6.29. The van der Waals surface area contributed by atoms with E-state index in [1.807, 2.05) is 0 Å². The standard InChI is InChI=1S/C9H9FN2O/c10-8-5-11-3-1-6(8)7-2-4-12-9(7)13/h1,3,5,7H,2,4H2,(H,12,13). The number of nitrogens with zero attached hydrogens (tertiary/aromatic N) is 1. The van der Waals surface area contributed by atoms with Crippen LogP contribution in [0.5, 0.6) is 0 Å². The van der Waals surface area contributed by atoms with Crippen LogP contribution in [0.15, 0.2) is 18.5 Å². The Labute approximate surface area is 75.0 Å². The van der Waals surface area contributed by atoms with Crippen molar-refractivity contribution in [3.05, 3.63) is 29.8 Å². The number of halogens is 1. The van der Waals surface area contributed by atoms with Crippen molar-refractivity contribution in [3.63, 3.8) is 0 Å². The van der Waals surface area contributed by atoms with Crippen LogP contribution in [0.25, 0.3) is 0 Å². The van der Waals surface area contributed by atoms with Gasteiger partial charge < -0.3 is 5.32 Å². The highest BCUT2D eigenvalue weighted by Crippen LogP contribution is 2.24. The molecule has 0 aromatic carbocycles. The van der Waals surface area contributed by atoms with Gasteiger partial charge in [0.25, 0.3) is 0 Å². The van der Waals surface area contributed by atoms with Crippen LogP contribution in [0, 0.1) is 5.82 Å². The first-order valence-electron chi connectivity index (χ1n) is 4.16. The summed E-state index contributed by atoms with van der Waals surface area (Å²) in [6.07, 6.45) is 3.31. The van der Waals surface area contributed by atoms with Crippen molar-refractivity contribution in [1.29, 1.82) is 0 Å². The maximum atomic E-state index is 13.2. The fraction of sp³-hybridized carbons (Fsp3) is 0.333. The van der Waals surface area contributed by atoms with Crippen LogP contribution in [0.2, 0.25) is 0 Å². The number of hydrogen-bond acceptors (Lipinski definition) is 2. The summed E-state index contributed by atoms with van der Waals surface area (Å²) in [4.78, 5) is 14.9. The van der Waals surface area contributed by atoms with Crippen LogP contribution in [0.3, 0.4) is 0 Å². The van der Waals surface area contributed by atoms with Gasteiger partial charge in [-0.1, -0.05) is 0 Å². The molecule has 0 saturated carbocycles. The van der Waals surface area contributed by atoms with Gasteiger partial charge in [-0.05, 0) is 12.5 Å². The van der Waals surface area contributed by atoms with E-state index >= 15 is 0 Å². The summed E-state index contributed by atoms with van der Waals surface area (Å²) in [5, 5.41) is 2.67. The van der Waals surface area contributed by atoms with Gasteiger partial charge >= 0.3 is 0 Å². The summed E-state index contributed by atoms with van der Waals surface area (Å²) in [6.45, 7) is 0.630. The molecule has 4 heteroatoms. The summed E-state index contributed by atoms with van der Waals surface area (Å²) in [5.74, 6) is -0.822. The minimum atomic E-state index is -0.399. The summed E-state index contributed by atoms with van der Waals surface area (Å²) < 4.78 is 13.2. The summed E-state index contributed by atoms with van der Waals surface area (Å²) in [5.41, 5.74) is 0.449. The second-order valence-corrected chi connectivity index (χ2v) is 3.03. The molecule has 1 aromatic rings. The van der Waals surface area contributed by atoms with Gasteiger partial charge in [0, 0.05) is 18.3 Å². The monoisotopic (exact) mass is 180 g/mol. The Morgan fingerprint density at radius 1 is 1.62 bits per heavy atom. The molecule has 1 saturated heterocycles. The lowest BCUT2D eigenvalue weighted by atomic mass is 9.99. The van der Waals surface area contributed by atoms with Crippen molar-refractivity contribution in [2.24, 2.45) is 0 Å². The van der Waals surface area contributed by atoms with Crippen LogP contribution in [0.1, 0.15) is 17.9 Å². The van der Waals surface area contributed by atoms with Gasteiger partial charge in [-0.3, -0.25) is 9.78 Å². The smallest absolute Gasteiger partial charge is 0.227 e. The minimum Gasteiger partial charge on any atom is -0.356 e. The van der Waals surface area contributed by atoms with Crippen molar-refractivity contribution >= 4 is 5.91 Å². The predicted molar refractivity (Wildman–Crippen MR) is 44.6 cm³/mol. The van der Waals surface area contributed by atoms with Crippen molar-refractivity contribution in [2.75, 3.05) is 6.54 Å². The van der Waals surface area contributed by atoms with Gasteiger partial charge in [0.1, 0.15) is 5.82 Å². The third kappa shape index (κ3) is 1.39. The van der Waals surface area contributed by atoms with E-state index in [1.54, 1.807) is 6.07 Å². The number of carbonyl (C=O) groups excluding carboxylic acids is 1. The normalized spacial score (nSPS) is 21.6. The molecule has 1 unspecified atom stereocenters. The van der Waals surface area contributed by atoms with E-state index in [-0.39, 0.29) is 11.8 Å². The van der Waals surface area contributed by atoms with Crippen LogP contribution < -0.4 is 5.32 Å². The van der Waals surface area contributed by atoms with E-state index in [1.165, 1.54) is 6.20 Å². The average molecular weight is 180 g/mol. The van der Waals surface area contributed by atoms with Gasteiger partial charge in [0.15, 0.2) is 0 Å². The zero-order valence-corrected chi connectivity index (χ0v) is 6.96. The van der Waals surface area contributed by atoms with Gasteiger partial charge in [-0.15, -0.1) is 0 Å². The number of aromatic nitrogens is 1. The molecule has 3 nitrogen and oxygen atoms in total. The molecule has 1 aliphatic heterocycles. The molecule has 0 bridgehead atoms. The summed E-state index contributed by atoms with van der Waals surface area (Å²) in [6, 6.07) is 1.56. The Balaban J connectivity index is 2.34. The molecule has 2 rings (SSSR count). The summed E-state index contributed by atoms with van der Waals surface area (Å²) >= 11 is 0. The Kier molecular flexibility index (Phi) is 1.96. The SMILES string of the molecule is O=C1NCCC1c1ccncc1F. The number of rotatable bonds is 1. The Bertz CT molecular complexity index is 340. The molecule has 2 heterocycles. The molecule has 1 N–H and O–H groups in total. The summed E-state index contributed by atoms with van der Waals surface area (Å²) in [7, 11) is 0. The zero-order valence-electron chi connectivity index (χ0n) is 6.96. The molecule has 0 aliphatic carbocycles. The molecule has 1 amide bonds. The minimum absolute atomic E-state index is 0.0925. The first kappa shape index (κ1) is 8.16. The van der Waals surface area contributed by atoms with E-state index in [0.29, 0.717) is 18.5 Å². The topological polar surface area (TPSA) is 42.0 Å². The maximum Gasteiger partial charge on any atom is 0.227 e. The Morgan fingerprint density at radius 2 is 2.46 bits per heavy atom. The number of nitrogens with one attached hydrogen (secondary N) is 1. The maximum absolute atomic E-state index is 13.2. The largest absolute Gasteiger partial charge is 0.356 e. The van der Waals surface area contributed by atoms with Crippen LogP contribution in [-0.4, -0.2) is 17.4 Å². The lowest BCUT2D eigenvalue weighted by molar-refractivity contribution is -0.120. The van der Waals surface area contributed by atoms with Gasteiger partial charge in [-0.2, -0.15) is 0 Å². The highest BCUT2D eigenvalue weighted by atomic mass is 19.1. The second-order valence-electron chi connectivity index (χ2n) is 3.03. The van der Waals surface area contributed by atoms with E-state index < -0.39 is 5.82 Å². The molecule has 13 heavy (non-hydrogen) atoms. The Morgan fingerprint density at radius 3 is 3.08 bits per heavy atom. The average Bonchev–Trinajstić information content (AvgIpc) is 2.52. The van der Waals surface area contributed by atoms with Crippen molar-refractivity contribution < 1.29 is 9.18 Å². The van der Waals surface area contributed by atoms with Crippen LogP contribution in [0.4, 0.5) is 4.39 Å². The lowest BCUT2D eigenvalue weighted by Gasteiger charge is -2.06. The fourth-order valence-electron chi connectivity index (χ4n) is 1.56. The van der Waals surface area contributed by atoms with Crippen molar-refractivity contribution in [3.8, 4) is 0 Å². The third-order valence-electron chi connectivity index (χ3n) is 2.23. The molecular formula is C9H9FN2O. The molecule has 1 aromatic heterocycles. The highest BCUT2D eigenvalue weighted by Gasteiger charge is 2.27. The molecule has 0 radical (unpaired) electrons. The molecule has 1 aliphatic rings. The van der Waals surface area contributed by atoms with Gasteiger partial charge in [-0.25, -0.2) is 4.39 Å². The highest BCUT2D eigenvalue weighted by molar-refractivity contribution is 5.85. The van der Waals surface area contributed by atoms with Crippen LogP contribution in [-0.2, 0) is 4.79 Å². The Hall–Kier alpha value is -1.45. The zero-order chi connectivity index (χ0) is 9.26. The van der Waals surface area contributed by atoms with Crippen molar-refractivity contribution in [1.82, 2.24) is 10.3 Å². The van der Waals surface area contributed by atoms with E-state index in [0.717, 1.165) is 6.20 Å². The fourth-order valence-corrected chi connectivity index (χ4v) is 1.56. The predicted octanol–water partition coefficient (Wildman–Crippen LogP) is 0.824. The number of carbonyl (C=O) groups is 1. The van der Waals surface area contributed by atoms with E-state index in [2.05, 4.69) is 10.3 Å². The third-order valence-corrected chi connectivity index (χ3v) is 2.23.